The minimum Gasteiger partial charge on any atom is -0.410 e. The fraction of sp³-hybridized carbons (Fsp3) is 0.0769. The third-order valence-corrected chi connectivity index (χ3v) is 2.68. The van der Waals surface area contributed by atoms with E-state index in [2.05, 4.69) is 26.2 Å². The maximum absolute atomic E-state index is 11.6. The highest BCUT2D eigenvalue weighted by Crippen LogP contribution is 2.17. The first-order valence-electron chi connectivity index (χ1n) is 5.32. The Balaban J connectivity index is 2.03. The fourth-order valence-corrected chi connectivity index (χ4v) is 1.79. The molecule has 1 N–H and O–H groups in total. The Hall–Kier alpha value is -1.88. The van der Waals surface area contributed by atoms with Crippen LogP contribution in [0, 0.1) is 6.92 Å². The molecule has 0 bridgehead atoms. The average molecular weight is 307 g/mol. The molecule has 5 heteroatoms. The summed E-state index contributed by atoms with van der Waals surface area (Å²) in [5.41, 5.74) is 1.34. The molecule has 4 nitrogen and oxygen atoms in total. The summed E-state index contributed by atoms with van der Waals surface area (Å²) in [7, 11) is 0. The lowest BCUT2D eigenvalue weighted by Gasteiger charge is -2.08. The molecule has 0 fully saturated rings. The van der Waals surface area contributed by atoms with E-state index < -0.39 is 6.09 Å². The summed E-state index contributed by atoms with van der Waals surface area (Å²) in [6.45, 7) is 1.81. The SMILES string of the molecule is Cc1nc(Br)ccc1NC(=O)Oc1ccccc1. The van der Waals surface area contributed by atoms with Crippen LogP contribution in [0.5, 0.6) is 5.75 Å². The standard InChI is InChI=1S/C13H11BrN2O2/c1-9-11(7-8-12(14)15-9)16-13(17)18-10-5-3-2-4-6-10/h2-8H,1H3,(H,16,17). The van der Waals surface area contributed by atoms with Gasteiger partial charge in [0.2, 0.25) is 0 Å². The van der Waals surface area contributed by atoms with Crippen LogP contribution in [0.4, 0.5) is 10.5 Å². The first kappa shape index (κ1) is 12.6. The smallest absolute Gasteiger partial charge is 0.410 e. The number of pyridine rings is 1. The highest BCUT2D eigenvalue weighted by molar-refractivity contribution is 9.10. The molecule has 0 aliphatic carbocycles. The molecule has 0 aliphatic rings. The van der Waals surface area contributed by atoms with Gasteiger partial charge in [0, 0.05) is 0 Å². The van der Waals surface area contributed by atoms with Crippen molar-refractivity contribution in [2.45, 2.75) is 6.92 Å². The van der Waals surface area contributed by atoms with Gasteiger partial charge in [0.1, 0.15) is 10.4 Å². The zero-order valence-corrected chi connectivity index (χ0v) is 11.3. The Morgan fingerprint density at radius 2 is 1.94 bits per heavy atom. The number of ether oxygens (including phenoxy) is 1. The number of hydrogen-bond acceptors (Lipinski definition) is 3. The summed E-state index contributed by atoms with van der Waals surface area (Å²) < 4.78 is 5.84. The van der Waals surface area contributed by atoms with Crippen LogP contribution < -0.4 is 10.1 Å². The molecular formula is C13H11BrN2O2. The Kier molecular flexibility index (Phi) is 3.94. The van der Waals surface area contributed by atoms with Gasteiger partial charge in [0.05, 0.1) is 11.4 Å². The summed E-state index contributed by atoms with van der Waals surface area (Å²) in [5, 5.41) is 2.64. The topological polar surface area (TPSA) is 51.2 Å². The number of aryl methyl sites for hydroxylation is 1. The third kappa shape index (κ3) is 3.30. The lowest BCUT2D eigenvalue weighted by molar-refractivity contribution is 0.215. The number of rotatable bonds is 2. The molecule has 0 saturated carbocycles. The van der Waals surface area contributed by atoms with Crippen molar-refractivity contribution in [3.8, 4) is 5.75 Å². The van der Waals surface area contributed by atoms with Crippen molar-refractivity contribution in [3.05, 3.63) is 52.8 Å². The predicted octanol–water partition coefficient (Wildman–Crippen LogP) is 3.76. The molecule has 1 aromatic carbocycles. The van der Waals surface area contributed by atoms with Crippen molar-refractivity contribution < 1.29 is 9.53 Å². The van der Waals surface area contributed by atoms with Crippen molar-refractivity contribution in [1.82, 2.24) is 4.98 Å². The number of nitrogens with zero attached hydrogens (tertiary/aromatic N) is 1. The van der Waals surface area contributed by atoms with Gasteiger partial charge in [-0.15, -0.1) is 0 Å². The number of halogens is 1. The second-order valence-electron chi connectivity index (χ2n) is 3.59. The van der Waals surface area contributed by atoms with Gasteiger partial charge < -0.3 is 4.74 Å². The number of amides is 1. The molecule has 0 saturated heterocycles. The molecule has 1 aromatic heterocycles. The number of anilines is 1. The van der Waals surface area contributed by atoms with Crippen molar-refractivity contribution in [2.24, 2.45) is 0 Å². The summed E-state index contributed by atoms with van der Waals surface area (Å²) in [6, 6.07) is 12.4. The molecule has 0 atom stereocenters. The van der Waals surface area contributed by atoms with Crippen LogP contribution in [-0.4, -0.2) is 11.1 Å². The van der Waals surface area contributed by atoms with Gasteiger partial charge in [-0.3, -0.25) is 5.32 Å². The lowest BCUT2D eigenvalue weighted by atomic mass is 10.3. The predicted molar refractivity (Wildman–Crippen MR) is 72.8 cm³/mol. The highest BCUT2D eigenvalue weighted by atomic mass is 79.9. The van der Waals surface area contributed by atoms with E-state index in [4.69, 9.17) is 4.74 Å². The highest BCUT2D eigenvalue weighted by Gasteiger charge is 2.07. The minimum absolute atomic E-state index is 0.498. The Morgan fingerprint density at radius 3 is 2.61 bits per heavy atom. The number of para-hydroxylation sites is 1. The Labute approximate surface area is 113 Å². The second-order valence-corrected chi connectivity index (χ2v) is 4.41. The molecule has 0 unspecified atom stereocenters. The van der Waals surface area contributed by atoms with Crippen LogP contribution in [0.25, 0.3) is 0 Å². The number of aromatic nitrogens is 1. The van der Waals surface area contributed by atoms with Gasteiger partial charge in [-0.05, 0) is 47.1 Å². The maximum atomic E-state index is 11.6. The lowest BCUT2D eigenvalue weighted by Crippen LogP contribution is -2.17. The van der Waals surface area contributed by atoms with Gasteiger partial charge in [-0.1, -0.05) is 18.2 Å². The monoisotopic (exact) mass is 306 g/mol. The summed E-state index contributed by atoms with van der Waals surface area (Å²) >= 11 is 3.26. The average Bonchev–Trinajstić information content (AvgIpc) is 2.34. The maximum Gasteiger partial charge on any atom is 0.417 e. The third-order valence-electron chi connectivity index (χ3n) is 2.24. The summed E-state index contributed by atoms with van der Waals surface area (Å²) in [4.78, 5) is 15.8. The Bertz CT molecular complexity index is 558. The first-order chi connectivity index (χ1) is 8.65. The molecule has 0 radical (unpaired) electrons. The van der Waals surface area contributed by atoms with Crippen LogP contribution in [-0.2, 0) is 0 Å². The van der Waals surface area contributed by atoms with E-state index in [0.717, 1.165) is 10.3 Å². The largest absolute Gasteiger partial charge is 0.417 e. The van der Waals surface area contributed by atoms with Crippen molar-refractivity contribution >= 4 is 27.7 Å². The van der Waals surface area contributed by atoms with Crippen LogP contribution in [0.3, 0.4) is 0 Å². The molecule has 1 amide bonds. The first-order valence-corrected chi connectivity index (χ1v) is 6.11. The number of carbonyl (C=O) groups is 1. The molecule has 2 rings (SSSR count). The van der Waals surface area contributed by atoms with E-state index >= 15 is 0 Å². The molecule has 2 aromatic rings. The van der Waals surface area contributed by atoms with Gasteiger partial charge in [0.25, 0.3) is 0 Å². The van der Waals surface area contributed by atoms with Gasteiger partial charge in [0.15, 0.2) is 0 Å². The summed E-state index contributed by atoms with van der Waals surface area (Å²) in [6.07, 6.45) is -0.534. The molecule has 18 heavy (non-hydrogen) atoms. The molecule has 92 valence electrons. The normalized spacial score (nSPS) is 9.89. The van der Waals surface area contributed by atoms with Gasteiger partial charge >= 0.3 is 6.09 Å². The second kappa shape index (κ2) is 5.64. The summed E-state index contributed by atoms with van der Waals surface area (Å²) in [5.74, 6) is 0.498. The fourth-order valence-electron chi connectivity index (χ4n) is 1.39. The quantitative estimate of drug-likeness (QED) is 0.859. The van der Waals surface area contributed by atoms with Gasteiger partial charge in [-0.25, -0.2) is 9.78 Å². The number of benzene rings is 1. The van der Waals surface area contributed by atoms with Crippen molar-refractivity contribution in [2.75, 3.05) is 5.32 Å². The van der Waals surface area contributed by atoms with E-state index in [-0.39, 0.29) is 0 Å². The van der Waals surface area contributed by atoms with E-state index in [1.165, 1.54) is 0 Å². The van der Waals surface area contributed by atoms with E-state index in [1.807, 2.05) is 13.0 Å². The van der Waals surface area contributed by atoms with E-state index in [9.17, 15) is 4.79 Å². The molecule has 0 aliphatic heterocycles. The zero-order chi connectivity index (χ0) is 13.0. The van der Waals surface area contributed by atoms with Crippen LogP contribution in [0.1, 0.15) is 5.69 Å². The number of hydrogen-bond donors (Lipinski definition) is 1. The molecular weight excluding hydrogens is 296 g/mol. The van der Waals surface area contributed by atoms with Crippen molar-refractivity contribution in [3.63, 3.8) is 0 Å². The van der Waals surface area contributed by atoms with Crippen LogP contribution in [0.15, 0.2) is 47.1 Å². The molecule has 1 heterocycles. The zero-order valence-electron chi connectivity index (χ0n) is 9.68. The minimum atomic E-state index is -0.534. The van der Waals surface area contributed by atoms with E-state index in [0.29, 0.717) is 11.4 Å². The van der Waals surface area contributed by atoms with Crippen LogP contribution in [0.2, 0.25) is 0 Å². The van der Waals surface area contributed by atoms with Gasteiger partial charge in [-0.2, -0.15) is 0 Å². The Morgan fingerprint density at radius 1 is 1.22 bits per heavy atom. The number of nitrogens with one attached hydrogen (secondary N) is 1. The van der Waals surface area contributed by atoms with E-state index in [1.54, 1.807) is 36.4 Å². The van der Waals surface area contributed by atoms with Crippen molar-refractivity contribution in [1.29, 1.82) is 0 Å². The van der Waals surface area contributed by atoms with Crippen LogP contribution >= 0.6 is 15.9 Å². The number of carbonyl (C=O) groups excluding carboxylic acids is 1. The molecule has 0 spiro atoms.